The largest absolute Gasteiger partial charge is 0.392 e. The number of hydrogen-bond donors (Lipinski definition) is 0. The predicted octanol–water partition coefficient (Wildman–Crippen LogP) is 3.02. The average molecular weight is 337 g/mol. The zero-order chi connectivity index (χ0) is 18.5. The van der Waals surface area contributed by atoms with Crippen molar-refractivity contribution in [2.45, 2.75) is 61.3 Å². The number of ether oxygens (including phenoxy) is 1. The second kappa shape index (κ2) is 5.85. The number of rotatable bonds is 5. The highest BCUT2D eigenvalue weighted by molar-refractivity contribution is 6.11. The Morgan fingerprint density at radius 3 is 1.96 bits per heavy atom. The van der Waals surface area contributed by atoms with Gasteiger partial charge in [-0.3, -0.25) is 14.4 Å². The van der Waals surface area contributed by atoms with E-state index in [1.54, 1.807) is 4.90 Å². The van der Waals surface area contributed by atoms with Crippen LogP contribution in [0.3, 0.4) is 0 Å². The minimum absolute atomic E-state index is 0.170. The maximum atomic E-state index is 13.5. The molecular weight excluding hydrogens is 306 g/mol. The zero-order valence-electron chi connectivity index (χ0n) is 16.1. The normalized spacial score (nSPS) is 31.5. The first-order valence-corrected chi connectivity index (χ1v) is 8.96. The molecule has 1 heterocycles. The Bertz CT molecular complexity index is 556. The van der Waals surface area contributed by atoms with Gasteiger partial charge in [-0.1, -0.05) is 41.5 Å². The zero-order valence-corrected chi connectivity index (χ0v) is 16.1. The summed E-state index contributed by atoms with van der Waals surface area (Å²) in [5.41, 5.74) is -2.80. The second-order valence-corrected chi connectivity index (χ2v) is 9.04. The van der Waals surface area contributed by atoms with E-state index in [0.717, 1.165) is 0 Å². The van der Waals surface area contributed by atoms with Gasteiger partial charge in [0.2, 0.25) is 5.91 Å². The molecule has 1 saturated heterocycles. The lowest BCUT2D eigenvalue weighted by Gasteiger charge is -2.49. The van der Waals surface area contributed by atoms with Crippen molar-refractivity contribution < 1.29 is 19.1 Å². The van der Waals surface area contributed by atoms with Crippen LogP contribution in [0.1, 0.15) is 61.3 Å². The molecule has 2 aliphatic rings. The Balaban J connectivity index is 2.48. The Kier molecular flexibility index (Phi) is 4.62. The van der Waals surface area contributed by atoms with Crippen molar-refractivity contribution in [2.75, 3.05) is 13.1 Å². The highest BCUT2D eigenvalue weighted by Gasteiger charge is 2.75. The van der Waals surface area contributed by atoms with Crippen molar-refractivity contribution in [3.8, 4) is 0 Å². The number of hydrogen-bond acceptors (Lipinski definition) is 4. The average Bonchev–Trinajstić information content (AvgIpc) is 2.58. The fraction of sp³-hybridized carbons (Fsp3) is 0.842. The predicted molar refractivity (Wildman–Crippen MR) is 90.9 cm³/mol. The van der Waals surface area contributed by atoms with Crippen LogP contribution >= 0.6 is 0 Å². The van der Waals surface area contributed by atoms with Crippen LogP contribution in [0.2, 0.25) is 0 Å². The van der Waals surface area contributed by atoms with Crippen molar-refractivity contribution in [3.63, 3.8) is 0 Å². The van der Waals surface area contributed by atoms with Gasteiger partial charge >= 0.3 is 11.9 Å². The third-order valence-electron chi connectivity index (χ3n) is 6.25. The van der Waals surface area contributed by atoms with E-state index in [-0.39, 0.29) is 5.91 Å². The number of cyclic esters (lactones) is 2. The molecule has 0 aromatic carbocycles. The van der Waals surface area contributed by atoms with Gasteiger partial charge in [-0.2, -0.15) is 0 Å². The SMILES string of the molecule is CC(C)CN(CC(C)C)C(=O)C12CCC(C)(C(=O)OC1=O)C2(C)C. The van der Waals surface area contributed by atoms with E-state index in [9.17, 15) is 14.4 Å². The van der Waals surface area contributed by atoms with Gasteiger partial charge in [-0.05, 0) is 31.6 Å². The van der Waals surface area contributed by atoms with Gasteiger partial charge in [-0.25, -0.2) is 0 Å². The van der Waals surface area contributed by atoms with Crippen molar-refractivity contribution in [1.29, 1.82) is 0 Å². The monoisotopic (exact) mass is 337 g/mol. The van der Waals surface area contributed by atoms with Crippen LogP contribution in [0, 0.1) is 28.1 Å². The molecule has 2 atom stereocenters. The van der Waals surface area contributed by atoms with Crippen LogP contribution in [0.5, 0.6) is 0 Å². The molecule has 1 amide bonds. The molecule has 2 bridgehead atoms. The van der Waals surface area contributed by atoms with E-state index >= 15 is 0 Å². The third-order valence-corrected chi connectivity index (χ3v) is 6.25. The molecule has 0 aromatic heterocycles. The van der Waals surface area contributed by atoms with Crippen LogP contribution in [-0.2, 0) is 19.1 Å². The molecule has 0 spiro atoms. The lowest BCUT2D eigenvalue weighted by molar-refractivity contribution is -0.199. The molecule has 136 valence electrons. The standard InChI is InChI=1S/C19H31NO4/c1-12(2)10-20(11-13(3)4)14(21)19-9-8-18(7,17(19,5)6)15(22)24-16(19)23/h12-13H,8-11H2,1-7H3. The molecule has 1 aliphatic carbocycles. The van der Waals surface area contributed by atoms with Gasteiger partial charge in [0.15, 0.2) is 5.41 Å². The van der Waals surface area contributed by atoms with E-state index in [0.29, 0.717) is 37.8 Å². The molecule has 1 aliphatic heterocycles. The summed E-state index contributed by atoms with van der Waals surface area (Å²) in [6, 6.07) is 0. The van der Waals surface area contributed by atoms with E-state index in [1.165, 1.54) is 0 Å². The molecule has 24 heavy (non-hydrogen) atoms. The Morgan fingerprint density at radius 2 is 1.50 bits per heavy atom. The lowest BCUT2D eigenvalue weighted by Crippen LogP contribution is -2.63. The molecule has 2 fully saturated rings. The second-order valence-electron chi connectivity index (χ2n) is 9.04. The summed E-state index contributed by atoms with van der Waals surface area (Å²) in [7, 11) is 0. The molecular formula is C19H31NO4. The fourth-order valence-electron chi connectivity index (χ4n) is 4.39. The van der Waals surface area contributed by atoms with Crippen LogP contribution in [0.4, 0.5) is 0 Å². The summed E-state index contributed by atoms with van der Waals surface area (Å²) >= 11 is 0. The van der Waals surface area contributed by atoms with E-state index in [2.05, 4.69) is 27.7 Å². The number of carbonyl (C=O) groups is 3. The minimum atomic E-state index is -1.25. The number of nitrogens with zero attached hydrogens (tertiary/aromatic N) is 1. The molecule has 0 N–H and O–H groups in total. The quantitative estimate of drug-likeness (QED) is 0.571. The van der Waals surface area contributed by atoms with Gasteiger partial charge in [0, 0.05) is 18.5 Å². The number of fused-ring (bicyclic) bond motifs is 2. The van der Waals surface area contributed by atoms with Gasteiger partial charge in [0.25, 0.3) is 0 Å². The van der Waals surface area contributed by atoms with Crippen molar-refractivity contribution >= 4 is 17.8 Å². The van der Waals surface area contributed by atoms with Gasteiger partial charge in [-0.15, -0.1) is 0 Å². The Hall–Kier alpha value is -1.39. The number of esters is 2. The molecule has 0 aromatic rings. The number of carbonyl (C=O) groups excluding carboxylic acids is 3. The molecule has 2 unspecified atom stereocenters. The molecule has 1 saturated carbocycles. The summed E-state index contributed by atoms with van der Waals surface area (Å²) in [5.74, 6) is -0.703. The van der Waals surface area contributed by atoms with Crippen LogP contribution < -0.4 is 0 Å². The summed E-state index contributed by atoms with van der Waals surface area (Å²) in [4.78, 5) is 40.4. The van der Waals surface area contributed by atoms with Crippen LogP contribution in [0.25, 0.3) is 0 Å². The topological polar surface area (TPSA) is 63.7 Å². The first kappa shape index (κ1) is 18.9. The number of amides is 1. The summed E-state index contributed by atoms with van der Waals surface area (Å²) in [6.07, 6.45) is 0.889. The first-order valence-electron chi connectivity index (χ1n) is 8.96. The molecule has 5 heteroatoms. The Morgan fingerprint density at radius 1 is 1.00 bits per heavy atom. The summed E-state index contributed by atoms with van der Waals surface area (Å²) < 4.78 is 5.07. The van der Waals surface area contributed by atoms with Crippen molar-refractivity contribution in [2.24, 2.45) is 28.1 Å². The fourth-order valence-corrected chi connectivity index (χ4v) is 4.39. The molecule has 2 rings (SSSR count). The highest BCUT2D eigenvalue weighted by atomic mass is 16.6. The molecule has 5 nitrogen and oxygen atoms in total. The first-order chi connectivity index (χ1) is 10.9. The summed E-state index contributed by atoms with van der Waals surface area (Å²) in [5, 5.41) is 0. The van der Waals surface area contributed by atoms with E-state index in [4.69, 9.17) is 4.74 Å². The highest BCUT2D eigenvalue weighted by Crippen LogP contribution is 2.66. The van der Waals surface area contributed by atoms with Gasteiger partial charge < -0.3 is 9.64 Å². The maximum Gasteiger partial charge on any atom is 0.329 e. The van der Waals surface area contributed by atoms with Crippen LogP contribution in [-0.4, -0.2) is 35.8 Å². The molecule has 0 radical (unpaired) electrons. The Labute approximate surface area is 145 Å². The van der Waals surface area contributed by atoms with E-state index < -0.39 is 28.2 Å². The van der Waals surface area contributed by atoms with E-state index in [1.807, 2.05) is 20.8 Å². The smallest absolute Gasteiger partial charge is 0.329 e. The third kappa shape index (κ3) is 2.39. The van der Waals surface area contributed by atoms with Crippen LogP contribution in [0.15, 0.2) is 0 Å². The van der Waals surface area contributed by atoms with Crippen molar-refractivity contribution in [1.82, 2.24) is 4.90 Å². The van der Waals surface area contributed by atoms with Gasteiger partial charge in [0.1, 0.15) is 0 Å². The van der Waals surface area contributed by atoms with Gasteiger partial charge in [0.05, 0.1) is 5.41 Å². The summed E-state index contributed by atoms with van der Waals surface area (Å²) in [6.45, 7) is 15.0. The maximum absolute atomic E-state index is 13.5. The van der Waals surface area contributed by atoms with Crippen molar-refractivity contribution in [3.05, 3.63) is 0 Å². The lowest BCUT2D eigenvalue weighted by atomic mass is 9.56. The minimum Gasteiger partial charge on any atom is -0.392 e.